The SMILES string of the molecule is CCCSc1nc2n(n1)C(c1cc(Br)c(OC)c(OC)c1)C(C(N)=O)=C(C)N2. The first kappa shape index (κ1) is 20.5. The molecule has 1 unspecified atom stereocenters. The van der Waals surface area contributed by atoms with Crippen LogP contribution in [0.3, 0.4) is 0 Å². The second-order valence-electron chi connectivity index (χ2n) is 6.18. The van der Waals surface area contributed by atoms with Crippen molar-refractivity contribution in [2.75, 3.05) is 25.3 Å². The molecular weight excluding hydrogens is 446 g/mol. The summed E-state index contributed by atoms with van der Waals surface area (Å²) >= 11 is 5.08. The summed E-state index contributed by atoms with van der Waals surface area (Å²) in [5.41, 5.74) is 7.57. The molecular formula is C18H22BrN5O3S. The van der Waals surface area contributed by atoms with Crippen molar-refractivity contribution in [1.82, 2.24) is 14.8 Å². The van der Waals surface area contributed by atoms with Crippen LogP contribution in [-0.4, -0.2) is 40.6 Å². The zero-order valence-electron chi connectivity index (χ0n) is 16.1. The smallest absolute Gasteiger partial charge is 0.248 e. The average Bonchev–Trinajstić information content (AvgIpc) is 3.06. The number of allylic oxidation sites excluding steroid dienone is 1. The van der Waals surface area contributed by atoms with E-state index in [-0.39, 0.29) is 0 Å². The van der Waals surface area contributed by atoms with Crippen molar-refractivity contribution in [2.45, 2.75) is 31.5 Å². The molecule has 0 saturated heterocycles. The third-order valence-electron chi connectivity index (χ3n) is 4.31. The summed E-state index contributed by atoms with van der Waals surface area (Å²) in [6, 6.07) is 3.16. The predicted molar refractivity (Wildman–Crippen MR) is 112 cm³/mol. The lowest BCUT2D eigenvalue weighted by molar-refractivity contribution is -0.115. The lowest BCUT2D eigenvalue weighted by Gasteiger charge is -2.28. The number of halogens is 1. The Hall–Kier alpha value is -2.20. The normalized spacial score (nSPS) is 15.8. The van der Waals surface area contributed by atoms with E-state index in [4.69, 9.17) is 15.2 Å². The minimum Gasteiger partial charge on any atom is -0.493 e. The number of methoxy groups -OCH3 is 2. The van der Waals surface area contributed by atoms with Gasteiger partial charge in [0.15, 0.2) is 11.5 Å². The monoisotopic (exact) mass is 467 g/mol. The molecule has 3 N–H and O–H groups in total. The van der Waals surface area contributed by atoms with Crippen molar-refractivity contribution in [2.24, 2.45) is 5.73 Å². The molecule has 0 saturated carbocycles. The number of fused-ring (bicyclic) bond motifs is 1. The Morgan fingerprint density at radius 3 is 2.75 bits per heavy atom. The summed E-state index contributed by atoms with van der Waals surface area (Å²) in [6.07, 6.45) is 1.01. The molecule has 0 spiro atoms. The fraction of sp³-hybridized carbons (Fsp3) is 0.389. The van der Waals surface area contributed by atoms with Crippen molar-refractivity contribution in [1.29, 1.82) is 0 Å². The minimum absolute atomic E-state index is 0.420. The fourth-order valence-electron chi connectivity index (χ4n) is 3.11. The molecule has 1 aliphatic rings. The van der Waals surface area contributed by atoms with E-state index in [0.29, 0.717) is 38.3 Å². The molecule has 10 heteroatoms. The molecule has 1 aromatic heterocycles. The van der Waals surface area contributed by atoms with Crippen LogP contribution in [0.1, 0.15) is 31.9 Å². The maximum atomic E-state index is 12.3. The molecule has 0 bridgehead atoms. The first-order chi connectivity index (χ1) is 13.4. The van der Waals surface area contributed by atoms with Gasteiger partial charge in [-0.25, -0.2) is 4.68 Å². The standard InChI is InChI=1S/C18H22BrN5O3S/c1-5-6-28-18-22-17-21-9(2)13(16(20)25)14(24(17)23-18)10-7-11(19)15(27-4)12(8-10)26-3/h7-8,14H,5-6H2,1-4H3,(H2,20,25)(H,21,22,23). The molecule has 0 radical (unpaired) electrons. The number of nitrogens with one attached hydrogen (secondary N) is 1. The molecule has 0 fully saturated rings. The Kier molecular flexibility index (Phi) is 6.19. The van der Waals surface area contributed by atoms with Crippen LogP contribution in [0.5, 0.6) is 11.5 Å². The van der Waals surface area contributed by atoms with Gasteiger partial charge >= 0.3 is 0 Å². The number of rotatable bonds is 7. The first-order valence-electron chi connectivity index (χ1n) is 8.69. The molecule has 0 aliphatic carbocycles. The van der Waals surface area contributed by atoms with E-state index in [9.17, 15) is 4.79 Å². The molecule has 1 atom stereocenters. The van der Waals surface area contributed by atoms with Gasteiger partial charge in [0.25, 0.3) is 0 Å². The van der Waals surface area contributed by atoms with Gasteiger partial charge in [-0.3, -0.25) is 4.79 Å². The number of benzene rings is 1. The maximum Gasteiger partial charge on any atom is 0.248 e. The van der Waals surface area contributed by atoms with Crippen LogP contribution in [-0.2, 0) is 4.79 Å². The minimum atomic E-state index is -0.534. The van der Waals surface area contributed by atoms with Gasteiger partial charge in [-0.05, 0) is 47.0 Å². The number of primary amides is 1. The largest absolute Gasteiger partial charge is 0.493 e. The number of aromatic nitrogens is 3. The van der Waals surface area contributed by atoms with Gasteiger partial charge in [-0.15, -0.1) is 5.10 Å². The van der Waals surface area contributed by atoms with Crippen molar-refractivity contribution >= 4 is 39.5 Å². The predicted octanol–water partition coefficient (Wildman–Crippen LogP) is 3.33. The quantitative estimate of drug-likeness (QED) is 0.601. The van der Waals surface area contributed by atoms with Crippen LogP contribution in [0.4, 0.5) is 5.95 Å². The van der Waals surface area contributed by atoms with Gasteiger partial charge in [0.1, 0.15) is 6.04 Å². The van der Waals surface area contributed by atoms with Crippen molar-refractivity contribution in [3.8, 4) is 11.5 Å². The number of carbonyl (C=O) groups excluding carboxylic acids is 1. The van der Waals surface area contributed by atoms with E-state index in [1.54, 1.807) is 37.6 Å². The highest BCUT2D eigenvalue weighted by Crippen LogP contribution is 2.42. The third kappa shape index (κ3) is 3.70. The van der Waals surface area contributed by atoms with Gasteiger partial charge in [-0.1, -0.05) is 18.7 Å². The van der Waals surface area contributed by atoms with E-state index in [0.717, 1.165) is 17.7 Å². The highest BCUT2D eigenvalue weighted by molar-refractivity contribution is 9.10. The summed E-state index contributed by atoms with van der Waals surface area (Å²) in [4.78, 5) is 16.8. The summed E-state index contributed by atoms with van der Waals surface area (Å²) in [7, 11) is 3.13. The number of carbonyl (C=O) groups is 1. The van der Waals surface area contributed by atoms with Crippen LogP contribution >= 0.6 is 27.7 Å². The summed E-state index contributed by atoms with van der Waals surface area (Å²) in [5, 5.41) is 8.40. The van der Waals surface area contributed by atoms with Gasteiger partial charge in [0, 0.05) is 11.4 Å². The fourth-order valence-corrected chi connectivity index (χ4v) is 4.41. The second kappa shape index (κ2) is 8.44. The lowest BCUT2D eigenvalue weighted by Crippen LogP contribution is -2.31. The molecule has 2 aromatic rings. The highest BCUT2D eigenvalue weighted by Gasteiger charge is 2.34. The number of thioether (sulfide) groups is 1. The summed E-state index contributed by atoms with van der Waals surface area (Å²) in [6.45, 7) is 3.90. The number of ether oxygens (including phenoxy) is 2. The van der Waals surface area contributed by atoms with Crippen LogP contribution in [0.15, 0.2) is 33.0 Å². The summed E-state index contributed by atoms with van der Waals surface area (Å²) < 4.78 is 13.3. The van der Waals surface area contributed by atoms with Crippen LogP contribution < -0.4 is 20.5 Å². The van der Waals surface area contributed by atoms with Crippen LogP contribution in [0.25, 0.3) is 0 Å². The second-order valence-corrected chi connectivity index (χ2v) is 8.10. The Bertz CT molecular complexity index is 944. The highest BCUT2D eigenvalue weighted by atomic mass is 79.9. The lowest BCUT2D eigenvalue weighted by atomic mass is 9.95. The van der Waals surface area contributed by atoms with Crippen molar-refractivity contribution in [3.63, 3.8) is 0 Å². The number of hydrogen-bond acceptors (Lipinski definition) is 7. The molecule has 8 nitrogen and oxygen atoms in total. The van der Waals surface area contributed by atoms with Crippen molar-refractivity contribution < 1.29 is 14.3 Å². The van der Waals surface area contributed by atoms with Gasteiger partial charge < -0.3 is 20.5 Å². The topological polar surface area (TPSA) is 104 Å². The third-order valence-corrected chi connectivity index (χ3v) is 5.94. The number of amides is 1. The Balaban J connectivity index is 2.18. The van der Waals surface area contributed by atoms with E-state index in [1.807, 2.05) is 12.1 Å². The molecule has 150 valence electrons. The number of nitrogens with zero attached hydrogens (tertiary/aromatic N) is 3. The van der Waals surface area contributed by atoms with Gasteiger partial charge in [0.05, 0.1) is 24.3 Å². The zero-order chi connectivity index (χ0) is 20.4. The van der Waals surface area contributed by atoms with Crippen molar-refractivity contribution in [3.05, 3.63) is 33.4 Å². The summed E-state index contributed by atoms with van der Waals surface area (Å²) in [5.74, 6) is 2.06. The number of hydrogen-bond donors (Lipinski definition) is 2. The first-order valence-corrected chi connectivity index (χ1v) is 10.5. The average molecular weight is 468 g/mol. The van der Waals surface area contributed by atoms with Gasteiger partial charge in [-0.2, -0.15) is 4.98 Å². The maximum absolute atomic E-state index is 12.3. The van der Waals surface area contributed by atoms with E-state index < -0.39 is 11.9 Å². The van der Waals surface area contributed by atoms with Crippen LogP contribution in [0, 0.1) is 0 Å². The zero-order valence-corrected chi connectivity index (χ0v) is 18.5. The Labute approximate surface area is 176 Å². The van der Waals surface area contributed by atoms with Gasteiger partial charge in [0.2, 0.25) is 17.0 Å². The number of nitrogens with two attached hydrogens (primary N) is 1. The van der Waals surface area contributed by atoms with E-state index >= 15 is 0 Å². The van der Waals surface area contributed by atoms with E-state index in [2.05, 4.69) is 38.3 Å². The molecule has 3 rings (SSSR count). The number of anilines is 1. The molecule has 2 heterocycles. The molecule has 1 aliphatic heterocycles. The molecule has 1 amide bonds. The molecule has 1 aromatic carbocycles. The Morgan fingerprint density at radius 1 is 1.39 bits per heavy atom. The Morgan fingerprint density at radius 2 is 2.14 bits per heavy atom. The van der Waals surface area contributed by atoms with E-state index in [1.165, 1.54) is 0 Å². The molecule has 28 heavy (non-hydrogen) atoms. The van der Waals surface area contributed by atoms with Crippen LogP contribution in [0.2, 0.25) is 0 Å².